The molecular weight excluding hydrogens is 308 g/mol. The minimum atomic E-state index is -0.309. The minimum absolute atomic E-state index is 0.206. The van der Waals surface area contributed by atoms with Crippen LogP contribution in [0.4, 0.5) is 0 Å². The standard InChI is InChI=1S/C14H17BrN2O2/c1-4-10(14(18)19-5-2)13-16-11-8-9(15)6-7-12(11)17(13)3/h6-8,10H,4-5H2,1-3H3. The summed E-state index contributed by atoms with van der Waals surface area (Å²) in [6.07, 6.45) is 0.678. The fraction of sp³-hybridized carbons (Fsp3) is 0.429. The number of hydrogen-bond acceptors (Lipinski definition) is 3. The number of ether oxygens (including phenoxy) is 1. The molecule has 0 saturated carbocycles. The predicted molar refractivity (Wildman–Crippen MR) is 78.1 cm³/mol. The lowest BCUT2D eigenvalue weighted by Gasteiger charge is -2.13. The van der Waals surface area contributed by atoms with E-state index in [9.17, 15) is 4.79 Å². The van der Waals surface area contributed by atoms with Crippen molar-refractivity contribution in [1.29, 1.82) is 0 Å². The van der Waals surface area contributed by atoms with Crippen molar-refractivity contribution in [2.75, 3.05) is 6.61 Å². The van der Waals surface area contributed by atoms with Gasteiger partial charge in [-0.25, -0.2) is 4.98 Å². The molecule has 1 unspecified atom stereocenters. The van der Waals surface area contributed by atoms with E-state index in [1.807, 2.05) is 43.7 Å². The highest BCUT2D eigenvalue weighted by Crippen LogP contribution is 2.26. The number of hydrogen-bond donors (Lipinski definition) is 0. The van der Waals surface area contributed by atoms with Crippen LogP contribution in [-0.4, -0.2) is 22.1 Å². The van der Waals surface area contributed by atoms with E-state index in [1.165, 1.54) is 0 Å². The highest BCUT2D eigenvalue weighted by atomic mass is 79.9. The molecule has 0 spiro atoms. The number of carbonyl (C=O) groups excluding carboxylic acids is 1. The largest absolute Gasteiger partial charge is 0.465 e. The summed E-state index contributed by atoms with van der Waals surface area (Å²) in [5, 5.41) is 0. The Morgan fingerprint density at radius 3 is 2.84 bits per heavy atom. The van der Waals surface area contributed by atoms with E-state index in [4.69, 9.17) is 4.74 Å². The molecule has 102 valence electrons. The lowest BCUT2D eigenvalue weighted by Crippen LogP contribution is -2.18. The number of esters is 1. The van der Waals surface area contributed by atoms with E-state index in [2.05, 4.69) is 20.9 Å². The summed E-state index contributed by atoms with van der Waals surface area (Å²) in [4.78, 5) is 16.6. The maximum Gasteiger partial charge on any atom is 0.316 e. The molecule has 1 heterocycles. The predicted octanol–water partition coefficient (Wildman–Crippen LogP) is 3.39. The number of carbonyl (C=O) groups is 1. The van der Waals surface area contributed by atoms with Gasteiger partial charge in [0, 0.05) is 11.5 Å². The number of aryl methyl sites for hydroxylation is 1. The third kappa shape index (κ3) is 2.66. The summed E-state index contributed by atoms with van der Waals surface area (Å²) in [6, 6.07) is 5.92. The maximum absolute atomic E-state index is 12.0. The van der Waals surface area contributed by atoms with Crippen molar-refractivity contribution in [3.05, 3.63) is 28.5 Å². The first kappa shape index (κ1) is 14.1. The SMILES string of the molecule is CCOC(=O)C(CC)c1nc2cc(Br)ccc2n1C. The second-order valence-corrected chi connectivity index (χ2v) is 5.29. The van der Waals surface area contributed by atoms with Gasteiger partial charge in [0.25, 0.3) is 0 Å². The van der Waals surface area contributed by atoms with Crippen LogP contribution in [0.25, 0.3) is 11.0 Å². The van der Waals surface area contributed by atoms with Crippen LogP contribution in [0.2, 0.25) is 0 Å². The zero-order chi connectivity index (χ0) is 14.0. The Hall–Kier alpha value is -1.36. The first-order valence-electron chi connectivity index (χ1n) is 6.37. The molecular formula is C14H17BrN2O2. The van der Waals surface area contributed by atoms with Crippen LogP contribution >= 0.6 is 15.9 Å². The van der Waals surface area contributed by atoms with Crippen LogP contribution in [-0.2, 0) is 16.6 Å². The van der Waals surface area contributed by atoms with Crippen molar-refractivity contribution < 1.29 is 9.53 Å². The first-order chi connectivity index (χ1) is 9.08. The van der Waals surface area contributed by atoms with Crippen LogP contribution in [0.1, 0.15) is 32.0 Å². The Morgan fingerprint density at radius 2 is 2.21 bits per heavy atom. The van der Waals surface area contributed by atoms with Gasteiger partial charge in [0.15, 0.2) is 0 Å². The highest BCUT2D eigenvalue weighted by Gasteiger charge is 2.25. The molecule has 0 aliphatic rings. The Labute approximate surface area is 120 Å². The molecule has 2 aromatic rings. The Bertz CT molecular complexity index is 607. The molecule has 0 saturated heterocycles. The highest BCUT2D eigenvalue weighted by molar-refractivity contribution is 9.10. The number of imidazole rings is 1. The molecule has 0 fully saturated rings. The molecule has 0 amide bonds. The molecule has 0 aliphatic heterocycles. The molecule has 1 atom stereocenters. The van der Waals surface area contributed by atoms with Gasteiger partial charge < -0.3 is 9.30 Å². The van der Waals surface area contributed by atoms with Crippen molar-refractivity contribution in [3.8, 4) is 0 Å². The third-order valence-corrected chi connectivity index (χ3v) is 3.66. The van der Waals surface area contributed by atoms with Gasteiger partial charge in [-0.05, 0) is 31.5 Å². The Balaban J connectivity index is 2.48. The van der Waals surface area contributed by atoms with E-state index >= 15 is 0 Å². The van der Waals surface area contributed by atoms with Gasteiger partial charge in [0.05, 0.1) is 17.6 Å². The van der Waals surface area contributed by atoms with Crippen molar-refractivity contribution in [1.82, 2.24) is 9.55 Å². The lowest BCUT2D eigenvalue weighted by molar-refractivity contribution is -0.145. The number of nitrogens with zero attached hydrogens (tertiary/aromatic N) is 2. The summed E-state index contributed by atoms with van der Waals surface area (Å²) in [5.41, 5.74) is 1.90. The van der Waals surface area contributed by atoms with Gasteiger partial charge >= 0.3 is 5.97 Å². The average Bonchev–Trinajstić information content (AvgIpc) is 2.68. The maximum atomic E-state index is 12.0. The van der Waals surface area contributed by atoms with Crippen molar-refractivity contribution in [3.63, 3.8) is 0 Å². The summed E-state index contributed by atoms with van der Waals surface area (Å²) in [6.45, 7) is 4.18. The molecule has 0 radical (unpaired) electrons. The van der Waals surface area contributed by atoms with Gasteiger partial charge in [0.2, 0.25) is 0 Å². The Kier molecular flexibility index (Phi) is 4.24. The quantitative estimate of drug-likeness (QED) is 0.810. The van der Waals surface area contributed by atoms with Crippen LogP contribution in [0.5, 0.6) is 0 Å². The zero-order valence-corrected chi connectivity index (χ0v) is 12.9. The van der Waals surface area contributed by atoms with Crippen LogP contribution in [0.15, 0.2) is 22.7 Å². The zero-order valence-electron chi connectivity index (χ0n) is 11.3. The first-order valence-corrected chi connectivity index (χ1v) is 7.16. The van der Waals surface area contributed by atoms with Crippen molar-refractivity contribution in [2.45, 2.75) is 26.2 Å². The normalized spacial score (nSPS) is 12.6. The number of fused-ring (bicyclic) bond motifs is 1. The molecule has 1 aromatic carbocycles. The lowest BCUT2D eigenvalue weighted by atomic mass is 10.1. The summed E-state index contributed by atoms with van der Waals surface area (Å²) < 4.78 is 8.07. The fourth-order valence-electron chi connectivity index (χ4n) is 2.20. The van der Waals surface area contributed by atoms with Gasteiger partial charge in [-0.1, -0.05) is 22.9 Å². The molecule has 0 aliphatic carbocycles. The number of aromatic nitrogens is 2. The molecule has 2 rings (SSSR count). The van der Waals surface area contributed by atoms with Crippen LogP contribution in [0, 0.1) is 0 Å². The second kappa shape index (κ2) is 5.74. The fourth-order valence-corrected chi connectivity index (χ4v) is 2.55. The van der Waals surface area contributed by atoms with Gasteiger partial charge in [-0.3, -0.25) is 4.79 Å². The number of halogens is 1. The topological polar surface area (TPSA) is 44.1 Å². The van der Waals surface area contributed by atoms with E-state index in [0.717, 1.165) is 21.3 Å². The van der Waals surface area contributed by atoms with E-state index in [-0.39, 0.29) is 11.9 Å². The van der Waals surface area contributed by atoms with Gasteiger partial charge in [-0.15, -0.1) is 0 Å². The monoisotopic (exact) mass is 324 g/mol. The number of rotatable bonds is 4. The van der Waals surface area contributed by atoms with Crippen LogP contribution in [0.3, 0.4) is 0 Å². The van der Waals surface area contributed by atoms with E-state index in [0.29, 0.717) is 13.0 Å². The van der Waals surface area contributed by atoms with Crippen molar-refractivity contribution in [2.24, 2.45) is 7.05 Å². The molecule has 0 N–H and O–H groups in total. The third-order valence-electron chi connectivity index (χ3n) is 3.17. The average molecular weight is 325 g/mol. The number of benzene rings is 1. The van der Waals surface area contributed by atoms with Crippen molar-refractivity contribution >= 4 is 32.9 Å². The molecule has 5 heteroatoms. The van der Waals surface area contributed by atoms with E-state index < -0.39 is 0 Å². The smallest absolute Gasteiger partial charge is 0.316 e. The molecule has 1 aromatic heterocycles. The molecule has 4 nitrogen and oxygen atoms in total. The minimum Gasteiger partial charge on any atom is -0.465 e. The molecule has 19 heavy (non-hydrogen) atoms. The summed E-state index contributed by atoms with van der Waals surface area (Å²) in [5.74, 6) is 0.243. The second-order valence-electron chi connectivity index (χ2n) is 4.37. The summed E-state index contributed by atoms with van der Waals surface area (Å²) >= 11 is 3.43. The van der Waals surface area contributed by atoms with Crippen LogP contribution < -0.4 is 0 Å². The van der Waals surface area contributed by atoms with Gasteiger partial charge in [0.1, 0.15) is 11.7 Å². The summed E-state index contributed by atoms with van der Waals surface area (Å²) in [7, 11) is 1.93. The van der Waals surface area contributed by atoms with E-state index in [1.54, 1.807) is 0 Å². The molecule has 0 bridgehead atoms. The van der Waals surface area contributed by atoms with Gasteiger partial charge in [-0.2, -0.15) is 0 Å². The Morgan fingerprint density at radius 1 is 1.47 bits per heavy atom.